The van der Waals surface area contributed by atoms with Gasteiger partial charge in [0.05, 0.1) is 18.2 Å². The van der Waals surface area contributed by atoms with Crippen LogP contribution in [0.5, 0.6) is 0 Å². The molecule has 0 radical (unpaired) electrons. The molecule has 1 heterocycles. The summed E-state index contributed by atoms with van der Waals surface area (Å²) in [6, 6.07) is 5.60. The summed E-state index contributed by atoms with van der Waals surface area (Å²) in [6.07, 6.45) is 3.90. The lowest BCUT2D eigenvalue weighted by Gasteiger charge is -2.06. The lowest BCUT2D eigenvalue weighted by molar-refractivity contribution is 0.0603. The summed E-state index contributed by atoms with van der Waals surface area (Å²) in [4.78, 5) is 19.8. The quantitative estimate of drug-likeness (QED) is 0.840. The second-order valence-corrected chi connectivity index (χ2v) is 5.74. The van der Waals surface area contributed by atoms with Crippen molar-refractivity contribution in [1.82, 2.24) is 9.97 Å². The maximum Gasteiger partial charge on any atom is 0.340 e. The Balaban J connectivity index is 1.76. The molecule has 0 amide bonds. The fraction of sp³-hybridized carbons (Fsp3) is 0.467. The minimum absolute atomic E-state index is 0.321. The summed E-state index contributed by atoms with van der Waals surface area (Å²) in [5.41, 5.74) is 2.22. The van der Waals surface area contributed by atoms with Gasteiger partial charge in [-0.05, 0) is 43.2 Å². The van der Waals surface area contributed by atoms with Crippen LogP contribution >= 0.6 is 0 Å². The Morgan fingerprint density at radius 2 is 2.11 bits per heavy atom. The number of hydrogen-bond donors (Lipinski definition) is 1. The second-order valence-electron chi connectivity index (χ2n) is 5.74. The molecule has 0 aliphatic heterocycles. The molecule has 2 aromatic rings. The normalized spacial score (nSPS) is 28.4. The van der Waals surface area contributed by atoms with Crippen LogP contribution in [0.1, 0.15) is 41.4 Å². The van der Waals surface area contributed by atoms with Crippen LogP contribution in [0.15, 0.2) is 18.2 Å². The fourth-order valence-electron chi connectivity index (χ4n) is 3.46. The number of aromatic amines is 1. The molecule has 2 fully saturated rings. The first-order valence-electron chi connectivity index (χ1n) is 6.83. The van der Waals surface area contributed by atoms with Crippen LogP contribution in [0.4, 0.5) is 0 Å². The highest BCUT2D eigenvalue weighted by molar-refractivity contribution is 6.01. The first kappa shape index (κ1) is 11.0. The molecule has 4 nitrogen and oxygen atoms in total. The number of nitrogens with one attached hydrogen (secondary N) is 1. The van der Waals surface area contributed by atoms with Crippen LogP contribution in [-0.2, 0) is 4.74 Å². The van der Waals surface area contributed by atoms with Gasteiger partial charge in [-0.3, -0.25) is 0 Å². The summed E-state index contributed by atoms with van der Waals surface area (Å²) < 4.78 is 4.81. The largest absolute Gasteiger partial charge is 0.465 e. The third-order valence-corrected chi connectivity index (χ3v) is 4.57. The molecule has 1 N–H and O–H groups in total. The van der Waals surface area contributed by atoms with E-state index in [-0.39, 0.29) is 5.97 Å². The Labute approximate surface area is 111 Å². The van der Waals surface area contributed by atoms with E-state index < -0.39 is 0 Å². The Hall–Kier alpha value is -1.84. The number of ether oxygens (including phenoxy) is 1. The Morgan fingerprint density at radius 3 is 2.84 bits per heavy atom. The molecule has 4 heteroatoms. The maximum absolute atomic E-state index is 11.7. The number of imidazole rings is 1. The van der Waals surface area contributed by atoms with Crippen LogP contribution in [-0.4, -0.2) is 23.0 Å². The average molecular weight is 256 g/mol. The predicted octanol–water partition coefficient (Wildman–Crippen LogP) is 2.86. The number of aromatic nitrogens is 2. The molecule has 2 unspecified atom stereocenters. The SMILES string of the molecule is COC(=O)c1cccc2[nH]c(C3CC4CC4C3)nc12. The van der Waals surface area contributed by atoms with E-state index in [9.17, 15) is 4.79 Å². The molecule has 4 rings (SSSR count). The summed E-state index contributed by atoms with van der Waals surface area (Å²) in [7, 11) is 1.40. The van der Waals surface area contributed by atoms with Crippen LogP contribution in [0.3, 0.4) is 0 Å². The van der Waals surface area contributed by atoms with Gasteiger partial charge in [-0.2, -0.15) is 0 Å². The number of nitrogens with zero attached hydrogens (tertiary/aromatic N) is 1. The van der Waals surface area contributed by atoms with E-state index >= 15 is 0 Å². The van der Waals surface area contributed by atoms with E-state index in [2.05, 4.69) is 9.97 Å². The summed E-state index contributed by atoms with van der Waals surface area (Å²) >= 11 is 0. The van der Waals surface area contributed by atoms with E-state index in [4.69, 9.17) is 4.74 Å². The smallest absolute Gasteiger partial charge is 0.340 e. The number of methoxy groups -OCH3 is 1. The molecule has 2 atom stereocenters. The number of hydrogen-bond acceptors (Lipinski definition) is 3. The topological polar surface area (TPSA) is 55.0 Å². The van der Waals surface area contributed by atoms with E-state index in [0.717, 1.165) is 28.7 Å². The lowest BCUT2D eigenvalue weighted by Crippen LogP contribution is -2.02. The first-order chi connectivity index (χ1) is 9.26. The van der Waals surface area contributed by atoms with Gasteiger partial charge in [0.2, 0.25) is 0 Å². The summed E-state index contributed by atoms with van der Waals surface area (Å²) in [5.74, 6) is 3.12. The van der Waals surface area contributed by atoms with Crippen LogP contribution < -0.4 is 0 Å². The molecular weight excluding hydrogens is 240 g/mol. The van der Waals surface area contributed by atoms with Gasteiger partial charge >= 0.3 is 5.97 Å². The van der Waals surface area contributed by atoms with Crippen molar-refractivity contribution >= 4 is 17.0 Å². The van der Waals surface area contributed by atoms with Crippen molar-refractivity contribution in [3.05, 3.63) is 29.6 Å². The molecule has 19 heavy (non-hydrogen) atoms. The lowest BCUT2D eigenvalue weighted by atomic mass is 10.0. The molecule has 98 valence electrons. The third kappa shape index (κ3) is 1.66. The molecule has 2 aliphatic carbocycles. The summed E-state index contributed by atoms with van der Waals surface area (Å²) in [5, 5.41) is 0. The highest BCUT2D eigenvalue weighted by Gasteiger charge is 2.47. The van der Waals surface area contributed by atoms with Gasteiger partial charge in [-0.15, -0.1) is 0 Å². The van der Waals surface area contributed by atoms with Crippen molar-refractivity contribution in [2.24, 2.45) is 11.8 Å². The predicted molar refractivity (Wildman–Crippen MR) is 71.0 cm³/mol. The number of esters is 1. The minimum Gasteiger partial charge on any atom is -0.465 e. The van der Waals surface area contributed by atoms with Crippen molar-refractivity contribution < 1.29 is 9.53 Å². The highest BCUT2D eigenvalue weighted by atomic mass is 16.5. The molecule has 1 aromatic heterocycles. The van der Waals surface area contributed by atoms with E-state index in [1.54, 1.807) is 6.07 Å². The number of fused-ring (bicyclic) bond motifs is 2. The monoisotopic (exact) mass is 256 g/mol. The number of carbonyl (C=O) groups excluding carboxylic acids is 1. The van der Waals surface area contributed by atoms with Gasteiger partial charge in [0.1, 0.15) is 11.3 Å². The molecule has 0 saturated heterocycles. The number of carbonyl (C=O) groups is 1. The molecular formula is C15H16N2O2. The third-order valence-electron chi connectivity index (χ3n) is 4.57. The zero-order valence-corrected chi connectivity index (χ0v) is 10.8. The summed E-state index contributed by atoms with van der Waals surface area (Å²) in [6.45, 7) is 0. The molecule has 0 bridgehead atoms. The Bertz CT molecular complexity index is 651. The first-order valence-corrected chi connectivity index (χ1v) is 6.83. The zero-order valence-electron chi connectivity index (χ0n) is 10.8. The molecule has 2 aliphatic rings. The second kappa shape index (κ2) is 3.83. The maximum atomic E-state index is 11.7. The van der Waals surface area contributed by atoms with Gasteiger partial charge < -0.3 is 9.72 Å². The number of H-pyrrole nitrogens is 1. The standard InChI is InChI=1S/C15H16N2O2/c1-19-15(18)11-3-2-4-12-13(11)17-14(16-12)10-6-8-5-9(8)7-10/h2-4,8-10H,5-7H2,1H3,(H,16,17). The van der Waals surface area contributed by atoms with E-state index in [1.165, 1.54) is 26.4 Å². The number of benzene rings is 1. The Morgan fingerprint density at radius 1 is 1.32 bits per heavy atom. The van der Waals surface area contributed by atoms with E-state index in [1.807, 2.05) is 12.1 Å². The van der Waals surface area contributed by atoms with Crippen molar-refractivity contribution in [2.45, 2.75) is 25.2 Å². The fourth-order valence-corrected chi connectivity index (χ4v) is 3.46. The van der Waals surface area contributed by atoms with Crippen molar-refractivity contribution in [3.63, 3.8) is 0 Å². The molecule has 1 aromatic carbocycles. The zero-order chi connectivity index (χ0) is 13.0. The Kier molecular flexibility index (Phi) is 2.22. The van der Waals surface area contributed by atoms with Gasteiger partial charge in [0, 0.05) is 5.92 Å². The van der Waals surface area contributed by atoms with Crippen LogP contribution in [0, 0.1) is 11.8 Å². The van der Waals surface area contributed by atoms with Crippen molar-refractivity contribution in [1.29, 1.82) is 0 Å². The van der Waals surface area contributed by atoms with E-state index in [0.29, 0.717) is 11.5 Å². The van der Waals surface area contributed by atoms with Gasteiger partial charge in [0.25, 0.3) is 0 Å². The van der Waals surface area contributed by atoms with Crippen molar-refractivity contribution in [2.75, 3.05) is 7.11 Å². The van der Waals surface area contributed by atoms with Crippen LogP contribution in [0.2, 0.25) is 0 Å². The van der Waals surface area contributed by atoms with Gasteiger partial charge in [0.15, 0.2) is 0 Å². The van der Waals surface area contributed by atoms with Crippen LogP contribution in [0.25, 0.3) is 11.0 Å². The average Bonchev–Trinajstić information content (AvgIpc) is 2.89. The number of rotatable bonds is 2. The van der Waals surface area contributed by atoms with Crippen molar-refractivity contribution in [3.8, 4) is 0 Å². The minimum atomic E-state index is -0.321. The van der Waals surface area contributed by atoms with Gasteiger partial charge in [-0.1, -0.05) is 6.07 Å². The van der Waals surface area contributed by atoms with Gasteiger partial charge in [-0.25, -0.2) is 9.78 Å². The number of para-hydroxylation sites is 1. The highest BCUT2D eigenvalue weighted by Crippen LogP contribution is 2.57. The molecule has 2 saturated carbocycles. The molecule has 0 spiro atoms.